The van der Waals surface area contributed by atoms with Gasteiger partial charge < -0.3 is 15.8 Å². The molecule has 0 fully saturated rings. The third-order valence-corrected chi connectivity index (χ3v) is 5.21. The second kappa shape index (κ2) is 8.41. The molecule has 140 valence electrons. The summed E-state index contributed by atoms with van der Waals surface area (Å²) in [5, 5.41) is 2.56. The molecule has 0 aliphatic rings. The van der Waals surface area contributed by atoms with E-state index in [2.05, 4.69) is 15.0 Å². The van der Waals surface area contributed by atoms with E-state index in [0.29, 0.717) is 15.7 Å². The quantitative estimate of drug-likeness (QED) is 0.691. The van der Waals surface area contributed by atoms with Crippen LogP contribution in [0.1, 0.15) is 10.6 Å². The molecule has 1 aromatic carbocycles. The van der Waals surface area contributed by atoms with E-state index in [1.54, 1.807) is 6.92 Å². The van der Waals surface area contributed by atoms with Crippen molar-refractivity contribution in [2.24, 2.45) is 5.73 Å². The van der Waals surface area contributed by atoms with Crippen molar-refractivity contribution in [2.45, 2.75) is 24.0 Å². The second-order valence-corrected chi connectivity index (χ2v) is 7.35. The summed E-state index contributed by atoms with van der Waals surface area (Å²) in [5.74, 6) is -1.11. The third-order valence-electron chi connectivity index (χ3n) is 2.91. The Balaban J connectivity index is 1.86. The molecule has 2 amide bonds. The highest BCUT2D eigenvalue weighted by Crippen LogP contribution is 2.28. The Hall–Kier alpha value is -2.27. The van der Waals surface area contributed by atoms with Crippen molar-refractivity contribution in [1.82, 2.24) is 4.98 Å². The van der Waals surface area contributed by atoms with Gasteiger partial charge in [-0.2, -0.15) is 0 Å². The van der Waals surface area contributed by atoms with E-state index in [9.17, 15) is 22.8 Å². The fourth-order valence-electron chi connectivity index (χ4n) is 1.85. The zero-order valence-corrected chi connectivity index (χ0v) is 15.1. The molecule has 0 radical (unpaired) electrons. The van der Waals surface area contributed by atoms with Crippen molar-refractivity contribution in [2.75, 3.05) is 11.1 Å². The maximum atomic E-state index is 12.1. The van der Waals surface area contributed by atoms with E-state index in [4.69, 9.17) is 5.73 Å². The molecule has 0 bridgehead atoms. The molecule has 2 aromatic rings. The van der Waals surface area contributed by atoms with Crippen LogP contribution < -0.4 is 15.8 Å². The molecule has 0 unspecified atom stereocenters. The Morgan fingerprint density at radius 1 is 1.31 bits per heavy atom. The normalized spacial score (nSPS) is 11.2. The van der Waals surface area contributed by atoms with Gasteiger partial charge in [-0.05, 0) is 31.2 Å². The number of nitrogens with two attached hydrogens (primary N) is 1. The zero-order chi connectivity index (χ0) is 19.3. The minimum atomic E-state index is -4.76. The molecule has 3 N–H and O–H groups in total. The van der Waals surface area contributed by atoms with Crippen molar-refractivity contribution in [1.29, 1.82) is 0 Å². The van der Waals surface area contributed by atoms with E-state index < -0.39 is 12.3 Å². The molecular weight excluding hydrogens is 391 g/mol. The number of nitrogens with one attached hydrogen (secondary N) is 1. The van der Waals surface area contributed by atoms with E-state index in [1.807, 2.05) is 0 Å². The van der Waals surface area contributed by atoms with Crippen LogP contribution in [0.4, 0.5) is 18.9 Å². The Bertz CT molecular complexity index is 792. The van der Waals surface area contributed by atoms with Gasteiger partial charge >= 0.3 is 6.36 Å². The zero-order valence-electron chi connectivity index (χ0n) is 13.4. The highest BCUT2D eigenvalue weighted by Gasteiger charge is 2.30. The number of thiazole rings is 1. The number of hydrogen-bond acceptors (Lipinski definition) is 6. The minimum Gasteiger partial charge on any atom is -0.406 e. The summed E-state index contributed by atoms with van der Waals surface area (Å²) < 4.78 is 40.6. The number of nitrogens with zero attached hydrogens (tertiary/aromatic N) is 1. The lowest BCUT2D eigenvalue weighted by Crippen LogP contribution is -2.17. The summed E-state index contributed by atoms with van der Waals surface area (Å²) >= 11 is 2.48. The van der Waals surface area contributed by atoms with Gasteiger partial charge in [0.05, 0.1) is 17.9 Å². The molecule has 0 aliphatic heterocycles. The molecule has 6 nitrogen and oxygen atoms in total. The minimum absolute atomic E-state index is 0.0593. The smallest absolute Gasteiger partial charge is 0.406 e. The molecule has 0 saturated heterocycles. The van der Waals surface area contributed by atoms with Crippen molar-refractivity contribution >= 4 is 40.6 Å². The van der Waals surface area contributed by atoms with Gasteiger partial charge in [0.2, 0.25) is 11.8 Å². The second-order valence-electron chi connectivity index (χ2n) is 5.04. The van der Waals surface area contributed by atoms with E-state index >= 15 is 0 Å². The molecule has 0 spiro atoms. The average molecular weight is 405 g/mol. The molecule has 2 rings (SSSR count). The lowest BCUT2D eigenvalue weighted by Gasteiger charge is -2.09. The van der Waals surface area contributed by atoms with Crippen LogP contribution in [-0.2, 0) is 16.0 Å². The first-order valence-corrected chi connectivity index (χ1v) is 8.95. The maximum absolute atomic E-state index is 12.1. The number of primary amides is 1. The summed E-state index contributed by atoms with van der Waals surface area (Å²) in [7, 11) is 0. The number of halogens is 3. The monoisotopic (exact) mass is 405 g/mol. The molecule has 1 aromatic heterocycles. The molecular formula is C15H14F3N3O3S2. The van der Waals surface area contributed by atoms with E-state index in [0.717, 1.165) is 17.0 Å². The number of aromatic nitrogens is 1. The number of ether oxygens (including phenoxy) is 1. The van der Waals surface area contributed by atoms with Crippen LogP contribution >= 0.6 is 23.1 Å². The average Bonchev–Trinajstić information content (AvgIpc) is 2.85. The first-order valence-electron chi connectivity index (χ1n) is 7.15. The number of benzene rings is 1. The highest BCUT2D eigenvalue weighted by molar-refractivity contribution is 8.01. The van der Waals surface area contributed by atoms with Gasteiger partial charge in [0, 0.05) is 10.6 Å². The van der Waals surface area contributed by atoms with Gasteiger partial charge in [0.25, 0.3) is 0 Å². The Kier molecular flexibility index (Phi) is 6.48. The number of rotatable bonds is 7. The number of thioether (sulfide) groups is 1. The van der Waals surface area contributed by atoms with Crippen molar-refractivity contribution in [3.8, 4) is 5.75 Å². The van der Waals surface area contributed by atoms with E-state index in [1.165, 1.54) is 35.2 Å². The summed E-state index contributed by atoms with van der Waals surface area (Å²) in [6.07, 6.45) is -4.66. The topological polar surface area (TPSA) is 94.3 Å². The maximum Gasteiger partial charge on any atom is 0.573 e. The van der Waals surface area contributed by atoms with Crippen LogP contribution in [0, 0.1) is 6.92 Å². The molecule has 26 heavy (non-hydrogen) atoms. The van der Waals surface area contributed by atoms with Gasteiger partial charge in [-0.25, -0.2) is 4.98 Å². The highest BCUT2D eigenvalue weighted by atomic mass is 32.2. The molecule has 0 atom stereocenters. The first-order chi connectivity index (χ1) is 12.1. The van der Waals surface area contributed by atoms with Crippen LogP contribution in [0.15, 0.2) is 28.6 Å². The fourth-order valence-corrected chi connectivity index (χ4v) is 3.89. The Morgan fingerprint density at radius 3 is 2.54 bits per heavy atom. The van der Waals surface area contributed by atoms with Gasteiger partial charge in [-0.1, -0.05) is 11.8 Å². The molecule has 0 aliphatic carbocycles. The number of alkyl halides is 3. The van der Waals surface area contributed by atoms with Crippen LogP contribution in [-0.4, -0.2) is 28.9 Å². The van der Waals surface area contributed by atoms with Crippen LogP contribution in [0.2, 0.25) is 0 Å². The van der Waals surface area contributed by atoms with Crippen LogP contribution in [0.25, 0.3) is 0 Å². The van der Waals surface area contributed by atoms with Crippen molar-refractivity contribution < 1.29 is 27.5 Å². The molecule has 0 saturated carbocycles. The van der Waals surface area contributed by atoms with Crippen LogP contribution in [0.5, 0.6) is 5.75 Å². The number of aryl methyl sites for hydroxylation is 1. The Labute approximate surface area is 154 Å². The largest absolute Gasteiger partial charge is 0.573 e. The summed E-state index contributed by atoms with van der Waals surface area (Å²) in [4.78, 5) is 27.9. The van der Waals surface area contributed by atoms with Crippen molar-refractivity contribution in [3.05, 3.63) is 34.8 Å². The lowest BCUT2D eigenvalue weighted by molar-refractivity contribution is -0.274. The summed E-state index contributed by atoms with van der Waals surface area (Å²) in [5.41, 5.74) is 6.19. The number of hydrogen-bond donors (Lipinski definition) is 2. The SMILES string of the molecule is Cc1nc(SCC(=O)Nc2ccc(OC(F)(F)F)cc2)sc1CC(N)=O. The van der Waals surface area contributed by atoms with Gasteiger partial charge in [0.1, 0.15) is 5.75 Å². The van der Waals surface area contributed by atoms with Gasteiger partial charge in [0.15, 0.2) is 4.34 Å². The summed E-state index contributed by atoms with van der Waals surface area (Å²) in [6, 6.07) is 4.83. The lowest BCUT2D eigenvalue weighted by atomic mass is 10.3. The number of anilines is 1. The van der Waals surface area contributed by atoms with Gasteiger partial charge in [-0.15, -0.1) is 24.5 Å². The van der Waals surface area contributed by atoms with E-state index in [-0.39, 0.29) is 23.8 Å². The van der Waals surface area contributed by atoms with Gasteiger partial charge in [-0.3, -0.25) is 9.59 Å². The summed E-state index contributed by atoms with van der Waals surface area (Å²) in [6.45, 7) is 1.75. The molecule has 1 heterocycles. The number of carbonyl (C=O) groups is 2. The first kappa shape index (κ1) is 20.0. The van der Waals surface area contributed by atoms with Crippen LogP contribution in [0.3, 0.4) is 0 Å². The molecule has 11 heteroatoms. The van der Waals surface area contributed by atoms with Crippen molar-refractivity contribution in [3.63, 3.8) is 0 Å². The fraction of sp³-hybridized carbons (Fsp3) is 0.267. The standard InChI is InChI=1S/C15H14F3N3O3S2/c1-8-11(6-12(19)22)26-14(20-8)25-7-13(23)21-9-2-4-10(5-3-9)24-15(16,17)18/h2-5H,6-7H2,1H3,(H2,19,22)(H,21,23). The Morgan fingerprint density at radius 2 is 1.96 bits per heavy atom. The predicted molar refractivity (Wildman–Crippen MR) is 92.2 cm³/mol. The third kappa shape index (κ3) is 6.56. The number of amides is 2. The predicted octanol–water partition coefficient (Wildman–Crippen LogP) is 3.11. The number of carbonyl (C=O) groups excluding carboxylic acids is 2.